The van der Waals surface area contributed by atoms with Crippen LogP contribution in [0.4, 0.5) is 4.79 Å². The number of carbonyl (C=O) groups excluding carboxylic acids is 2. The number of amides is 2. The molecule has 0 spiro atoms. The zero-order valence-electron chi connectivity index (χ0n) is 16.0. The number of nitrogens with zero attached hydrogens (tertiary/aromatic N) is 1. The van der Waals surface area contributed by atoms with Crippen molar-refractivity contribution in [1.29, 1.82) is 0 Å². The Morgan fingerprint density at radius 3 is 2.52 bits per heavy atom. The summed E-state index contributed by atoms with van der Waals surface area (Å²) in [4.78, 5) is 26.9. The Hall–Kier alpha value is -2.04. The number of hydrogen-bond donors (Lipinski definition) is 1. The number of ether oxygens (including phenoxy) is 1. The maximum atomic E-state index is 12.6. The van der Waals surface area contributed by atoms with Crippen molar-refractivity contribution in [3.63, 3.8) is 0 Å². The van der Waals surface area contributed by atoms with E-state index in [2.05, 4.69) is 19.2 Å². The van der Waals surface area contributed by atoms with Crippen LogP contribution in [-0.2, 0) is 16.1 Å². The molecule has 0 bridgehead atoms. The number of hydrogen-bond acceptors (Lipinski definition) is 3. The molecular weight excluding hydrogens is 316 g/mol. The van der Waals surface area contributed by atoms with Crippen LogP contribution < -0.4 is 5.32 Å². The highest BCUT2D eigenvalue weighted by Gasteiger charge is 2.50. The molecule has 0 radical (unpaired) electrons. The Balaban J connectivity index is 2.29. The number of carbonyl (C=O) groups is 2. The summed E-state index contributed by atoms with van der Waals surface area (Å²) >= 11 is 0. The van der Waals surface area contributed by atoms with Gasteiger partial charge in [0.2, 0.25) is 5.91 Å². The fourth-order valence-electron chi connectivity index (χ4n) is 3.37. The minimum Gasteiger partial charge on any atom is -0.444 e. The second-order valence-electron chi connectivity index (χ2n) is 7.83. The van der Waals surface area contributed by atoms with Crippen LogP contribution in [0, 0.1) is 5.92 Å². The van der Waals surface area contributed by atoms with Crippen LogP contribution in [-0.4, -0.2) is 28.2 Å². The molecule has 2 atom stereocenters. The average molecular weight is 346 g/mol. The number of likely N-dealkylation sites (tertiary alicyclic amines) is 1. The second-order valence-corrected chi connectivity index (χ2v) is 7.83. The monoisotopic (exact) mass is 346 g/mol. The van der Waals surface area contributed by atoms with Crippen molar-refractivity contribution in [2.45, 2.75) is 71.7 Å². The third-order valence-electron chi connectivity index (χ3n) is 4.83. The molecule has 1 aliphatic rings. The van der Waals surface area contributed by atoms with Gasteiger partial charge in [-0.2, -0.15) is 0 Å². The third kappa shape index (κ3) is 4.53. The smallest absolute Gasteiger partial charge is 0.409 e. The number of alkyl carbamates (subject to hydrolysis) is 1. The Kier molecular flexibility index (Phi) is 5.76. The lowest BCUT2D eigenvalue weighted by molar-refractivity contribution is -0.134. The molecule has 1 heterocycles. The zero-order chi connectivity index (χ0) is 18.7. The maximum absolute atomic E-state index is 12.6. The Morgan fingerprint density at radius 1 is 1.32 bits per heavy atom. The molecule has 1 aromatic carbocycles. The highest BCUT2D eigenvalue weighted by atomic mass is 16.6. The quantitative estimate of drug-likeness (QED) is 0.874. The van der Waals surface area contributed by atoms with Gasteiger partial charge in [-0.15, -0.1) is 0 Å². The molecule has 138 valence electrons. The summed E-state index contributed by atoms with van der Waals surface area (Å²) in [6.45, 7) is 10.2. The first-order valence-corrected chi connectivity index (χ1v) is 9.03. The Morgan fingerprint density at radius 2 is 1.96 bits per heavy atom. The molecule has 25 heavy (non-hydrogen) atoms. The van der Waals surface area contributed by atoms with Crippen molar-refractivity contribution in [2.24, 2.45) is 5.92 Å². The summed E-state index contributed by atoms with van der Waals surface area (Å²) in [6, 6.07) is 9.88. The third-order valence-corrected chi connectivity index (χ3v) is 4.83. The van der Waals surface area contributed by atoms with E-state index < -0.39 is 17.4 Å². The first kappa shape index (κ1) is 19.3. The van der Waals surface area contributed by atoms with E-state index in [1.165, 1.54) is 0 Å². The van der Waals surface area contributed by atoms with Crippen LogP contribution in [0.15, 0.2) is 30.3 Å². The van der Waals surface area contributed by atoms with Gasteiger partial charge in [-0.1, -0.05) is 44.2 Å². The van der Waals surface area contributed by atoms with E-state index in [1.54, 1.807) is 0 Å². The summed E-state index contributed by atoms with van der Waals surface area (Å²) in [7, 11) is 0. The molecule has 2 amide bonds. The predicted molar refractivity (Wildman–Crippen MR) is 97.8 cm³/mol. The molecule has 0 aromatic heterocycles. The highest BCUT2D eigenvalue weighted by Crippen LogP contribution is 2.37. The lowest BCUT2D eigenvalue weighted by Gasteiger charge is -2.43. The first-order chi connectivity index (χ1) is 11.7. The second kappa shape index (κ2) is 7.46. The van der Waals surface area contributed by atoms with Gasteiger partial charge in [0.1, 0.15) is 11.3 Å². The van der Waals surface area contributed by atoms with Crippen molar-refractivity contribution in [3.8, 4) is 0 Å². The van der Waals surface area contributed by atoms with Gasteiger partial charge in [-0.05, 0) is 45.1 Å². The molecule has 0 unspecified atom stereocenters. The largest absolute Gasteiger partial charge is 0.444 e. The SMILES string of the molecule is CC[C@H](C)[C@@]1(NC(=O)OC(C)(C)C)CCC(=O)N1Cc1ccccc1. The van der Waals surface area contributed by atoms with Crippen LogP contribution in [0.1, 0.15) is 59.4 Å². The van der Waals surface area contributed by atoms with Gasteiger partial charge < -0.3 is 9.64 Å². The minimum absolute atomic E-state index is 0.0696. The first-order valence-electron chi connectivity index (χ1n) is 9.03. The minimum atomic E-state index is -0.704. The van der Waals surface area contributed by atoms with Gasteiger partial charge in [0.05, 0.1) is 0 Å². The lowest BCUT2D eigenvalue weighted by atomic mass is 9.89. The van der Waals surface area contributed by atoms with E-state index in [0.29, 0.717) is 19.4 Å². The lowest BCUT2D eigenvalue weighted by Crippen LogP contribution is -2.62. The number of rotatable bonds is 5. The van der Waals surface area contributed by atoms with Gasteiger partial charge in [-0.25, -0.2) is 4.79 Å². The molecule has 1 fully saturated rings. The van der Waals surface area contributed by atoms with Crippen LogP contribution in [0.2, 0.25) is 0 Å². The highest BCUT2D eigenvalue weighted by molar-refractivity contribution is 5.81. The standard InChI is InChI=1S/C20H30N2O3/c1-6-15(2)20(21-18(24)25-19(3,4)5)13-12-17(23)22(20)14-16-10-8-7-9-11-16/h7-11,15H,6,12-14H2,1-5H3,(H,21,24)/t15-,20+/m0/s1. The fraction of sp³-hybridized carbons (Fsp3) is 0.600. The van der Waals surface area contributed by atoms with Crippen molar-refractivity contribution >= 4 is 12.0 Å². The maximum Gasteiger partial charge on any atom is 0.409 e. The van der Waals surface area contributed by atoms with E-state index >= 15 is 0 Å². The fourth-order valence-corrected chi connectivity index (χ4v) is 3.37. The van der Waals surface area contributed by atoms with Crippen molar-refractivity contribution in [1.82, 2.24) is 10.2 Å². The van der Waals surface area contributed by atoms with Crippen molar-refractivity contribution in [2.75, 3.05) is 0 Å². The molecular formula is C20H30N2O3. The summed E-state index contributed by atoms with van der Waals surface area (Å²) < 4.78 is 5.47. The normalized spacial score (nSPS) is 22.0. The summed E-state index contributed by atoms with van der Waals surface area (Å²) in [5, 5.41) is 3.04. The van der Waals surface area contributed by atoms with Gasteiger partial charge in [0.25, 0.3) is 0 Å². The predicted octanol–water partition coefficient (Wildman–Crippen LogP) is 4.08. The van der Waals surface area contributed by atoms with Gasteiger partial charge in [-0.3, -0.25) is 10.1 Å². The molecule has 1 saturated heterocycles. The molecule has 5 heteroatoms. The molecule has 0 saturated carbocycles. The van der Waals surface area contributed by atoms with E-state index in [-0.39, 0.29) is 11.8 Å². The molecule has 1 aliphatic heterocycles. The van der Waals surface area contributed by atoms with Gasteiger partial charge in [0, 0.05) is 13.0 Å². The van der Waals surface area contributed by atoms with E-state index in [4.69, 9.17) is 4.74 Å². The van der Waals surface area contributed by atoms with Crippen LogP contribution in [0.3, 0.4) is 0 Å². The van der Waals surface area contributed by atoms with Crippen molar-refractivity contribution in [3.05, 3.63) is 35.9 Å². The van der Waals surface area contributed by atoms with Gasteiger partial charge >= 0.3 is 6.09 Å². The Bertz CT molecular complexity index is 609. The number of benzene rings is 1. The van der Waals surface area contributed by atoms with Crippen LogP contribution in [0.5, 0.6) is 0 Å². The molecule has 5 nitrogen and oxygen atoms in total. The summed E-state index contributed by atoms with van der Waals surface area (Å²) in [5.74, 6) is 0.190. The summed E-state index contributed by atoms with van der Waals surface area (Å²) in [6.07, 6.45) is 1.43. The zero-order valence-corrected chi connectivity index (χ0v) is 16.0. The summed E-state index contributed by atoms with van der Waals surface area (Å²) in [5.41, 5.74) is -0.228. The van der Waals surface area contributed by atoms with E-state index in [1.807, 2.05) is 56.0 Å². The van der Waals surface area contributed by atoms with E-state index in [9.17, 15) is 9.59 Å². The van der Waals surface area contributed by atoms with Crippen LogP contribution >= 0.6 is 0 Å². The molecule has 1 N–H and O–H groups in total. The van der Waals surface area contributed by atoms with Crippen LogP contribution in [0.25, 0.3) is 0 Å². The Labute approximate surface area is 150 Å². The van der Waals surface area contributed by atoms with Crippen molar-refractivity contribution < 1.29 is 14.3 Å². The van der Waals surface area contributed by atoms with E-state index in [0.717, 1.165) is 12.0 Å². The van der Waals surface area contributed by atoms with Gasteiger partial charge in [0.15, 0.2) is 0 Å². The average Bonchev–Trinajstić information content (AvgIpc) is 2.83. The topological polar surface area (TPSA) is 58.6 Å². The molecule has 2 rings (SSSR count). The molecule has 1 aromatic rings. The number of nitrogens with one attached hydrogen (secondary N) is 1. The molecule has 0 aliphatic carbocycles.